The summed E-state index contributed by atoms with van der Waals surface area (Å²) in [6, 6.07) is 0. The van der Waals surface area contributed by atoms with E-state index in [1.807, 2.05) is 19.9 Å². The fourth-order valence-corrected chi connectivity index (χ4v) is 4.37. The molecule has 0 aromatic carbocycles. The summed E-state index contributed by atoms with van der Waals surface area (Å²) in [6.07, 6.45) is 5.93. The summed E-state index contributed by atoms with van der Waals surface area (Å²) in [6.45, 7) is 10.3. The van der Waals surface area contributed by atoms with Crippen LogP contribution in [-0.4, -0.2) is 39.9 Å². The van der Waals surface area contributed by atoms with Crippen molar-refractivity contribution in [2.24, 2.45) is 5.92 Å². The average molecular weight is 336 g/mol. The topological polar surface area (TPSA) is 59.1 Å². The molecule has 0 unspecified atom stereocenters. The number of ketones is 1. The van der Waals surface area contributed by atoms with Crippen LogP contribution < -0.4 is 0 Å². The normalized spacial score (nSPS) is 48.8. The molecule has 136 valence electrons. The number of fused-ring (bicyclic) bond motifs is 3. The number of allylic oxidation sites excluding steroid dienone is 2. The first-order chi connectivity index (χ1) is 11.1. The molecule has 0 amide bonds. The van der Waals surface area contributed by atoms with E-state index in [0.29, 0.717) is 5.92 Å². The quantitative estimate of drug-likeness (QED) is 0.744. The molecule has 0 aliphatic carbocycles. The van der Waals surface area contributed by atoms with Gasteiger partial charge in [-0.3, -0.25) is 4.79 Å². The Morgan fingerprint density at radius 3 is 2.58 bits per heavy atom. The molecule has 2 saturated heterocycles. The monoisotopic (exact) mass is 336 g/mol. The van der Waals surface area contributed by atoms with Crippen LogP contribution in [0.4, 0.5) is 0 Å². The van der Waals surface area contributed by atoms with E-state index in [1.54, 1.807) is 0 Å². The zero-order chi connectivity index (χ0) is 17.8. The van der Waals surface area contributed by atoms with Gasteiger partial charge in [0.05, 0.1) is 29.0 Å². The molecule has 2 fully saturated rings. The maximum absolute atomic E-state index is 12.4. The molecule has 24 heavy (non-hydrogen) atoms. The largest absolute Gasteiger partial charge is 0.390 e. The number of hydrogen-bond acceptors (Lipinski definition) is 4. The van der Waals surface area contributed by atoms with Gasteiger partial charge in [-0.05, 0) is 57.9 Å². The Hall–Kier alpha value is -0.710. The predicted octanol–water partition coefficient (Wildman–Crippen LogP) is 3.56. The van der Waals surface area contributed by atoms with Crippen molar-refractivity contribution in [1.82, 2.24) is 0 Å². The second-order valence-corrected chi connectivity index (χ2v) is 8.83. The van der Waals surface area contributed by atoms with E-state index in [9.17, 15) is 9.90 Å². The summed E-state index contributed by atoms with van der Waals surface area (Å²) in [5.74, 6) is 0.368. The SMILES string of the molecule is C/C1=C/CC[C@]2(C)O[C@H]2C[C@]2(C(C)C)CC[C@@](C)(O2)[C@H](O)CC1=O. The van der Waals surface area contributed by atoms with Crippen LogP contribution in [-0.2, 0) is 14.3 Å². The smallest absolute Gasteiger partial charge is 0.160 e. The second-order valence-electron chi connectivity index (χ2n) is 8.83. The molecule has 3 heterocycles. The summed E-state index contributed by atoms with van der Waals surface area (Å²) >= 11 is 0. The molecular formula is C20H32O4. The lowest BCUT2D eigenvalue weighted by atomic mass is 9.80. The lowest BCUT2D eigenvalue weighted by Gasteiger charge is -2.38. The molecule has 3 aliphatic rings. The number of aliphatic hydroxyl groups is 1. The minimum Gasteiger partial charge on any atom is -0.390 e. The van der Waals surface area contributed by atoms with Gasteiger partial charge in [-0.25, -0.2) is 0 Å². The first-order valence-electron chi connectivity index (χ1n) is 9.36. The third-order valence-electron chi connectivity index (χ3n) is 6.71. The van der Waals surface area contributed by atoms with Crippen molar-refractivity contribution < 1.29 is 19.4 Å². The third kappa shape index (κ3) is 3.09. The van der Waals surface area contributed by atoms with Gasteiger partial charge in [0.15, 0.2) is 5.78 Å². The maximum atomic E-state index is 12.4. The first kappa shape index (κ1) is 18.1. The highest BCUT2D eigenvalue weighted by atomic mass is 16.6. The molecule has 1 N–H and O–H groups in total. The van der Waals surface area contributed by atoms with E-state index in [0.717, 1.165) is 37.7 Å². The highest BCUT2D eigenvalue weighted by molar-refractivity contribution is 5.95. The molecule has 0 saturated carbocycles. The van der Waals surface area contributed by atoms with Crippen LogP contribution in [0.2, 0.25) is 0 Å². The van der Waals surface area contributed by atoms with Crippen LogP contribution in [0.25, 0.3) is 0 Å². The number of rotatable bonds is 1. The standard InChI is InChI=1S/C20H32O4/c1-13(2)20-10-9-18(4,24-20)16(22)11-15(21)14(3)7-6-8-19(5)17(12-20)23-19/h7,13,16-17,22H,6,8-12H2,1-5H3/b14-7-/t16-,17+,18-,19+,20+/m1/s1. The molecule has 4 heteroatoms. The van der Waals surface area contributed by atoms with Gasteiger partial charge in [0.25, 0.3) is 0 Å². The Kier molecular flexibility index (Phi) is 4.47. The van der Waals surface area contributed by atoms with Gasteiger partial charge in [-0.15, -0.1) is 0 Å². The molecule has 0 spiro atoms. The fourth-order valence-electron chi connectivity index (χ4n) is 4.37. The number of hydrogen-bond donors (Lipinski definition) is 1. The lowest BCUT2D eigenvalue weighted by molar-refractivity contribution is -0.169. The third-order valence-corrected chi connectivity index (χ3v) is 6.71. The molecule has 0 radical (unpaired) electrons. The van der Waals surface area contributed by atoms with E-state index in [2.05, 4.69) is 20.8 Å². The minimum atomic E-state index is -0.763. The predicted molar refractivity (Wildman–Crippen MR) is 92.8 cm³/mol. The lowest BCUT2D eigenvalue weighted by Crippen LogP contribution is -2.46. The van der Waals surface area contributed by atoms with E-state index in [-0.39, 0.29) is 29.5 Å². The molecular weight excluding hydrogens is 304 g/mol. The van der Waals surface area contributed by atoms with Crippen LogP contribution >= 0.6 is 0 Å². The number of carbonyl (C=O) groups is 1. The van der Waals surface area contributed by atoms with Gasteiger partial charge >= 0.3 is 0 Å². The summed E-state index contributed by atoms with van der Waals surface area (Å²) in [5.41, 5.74) is -0.278. The number of Topliss-reactive ketones (excluding diaryl/α,β-unsaturated/α-hetero) is 1. The van der Waals surface area contributed by atoms with Crippen LogP contribution in [0.1, 0.15) is 73.1 Å². The summed E-state index contributed by atoms with van der Waals surface area (Å²) in [7, 11) is 0. The van der Waals surface area contributed by atoms with Crippen molar-refractivity contribution in [3.8, 4) is 0 Å². The molecule has 0 aromatic heterocycles. The highest BCUT2D eigenvalue weighted by Gasteiger charge is 2.59. The second kappa shape index (κ2) is 5.93. The van der Waals surface area contributed by atoms with E-state index >= 15 is 0 Å². The van der Waals surface area contributed by atoms with Crippen LogP contribution in [0.15, 0.2) is 11.6 Å². The first-order valence-corrected chi connectivity index (χ1v) is 9.36. The van der Waals surface area contributed by atoms with Gasteiger partial charge in [0, 0.05) is 12.8 Å². The van der Waals surface area contributed by atoms with Crippen LogP contribution in [0.3, 0.4) is 0 Å². The molecule has 5 atom stereocenters. The number of aliphatic hydroxyl groups excluding tert-OH is 1. The zero-order valence-corrected chi connectivity index (χ0v) is 15.7. The summed E-state index contributed by atoms with van der Waals surface area (Å²) < 4.78 is 12.6. The van der Waals surface area contributed by atoms with E-state index in [1.165, 1.54) is 0 Å². The molecule has 3 aliphatic heterocycles. The Balaban J connectivity index is 1.90. The van der Waals surface area contributed by atoms with E-state index < -0.39 is 11.7 Å². The van der Waals surface area contributed by atoms with Gasteiger partial charge in [-0.2, -0.15) is 0 Å². The van der Waals surface area contributed by atoms with Crippen molar-refractivity contribution in [2.75, 3.05) is 0 Å². The van der Waals surface area contributed by atoms with Crippen LogP contribution in [0.5, 0.6) is 0 Å². The molecule has 0 aromatic rings. The average Bonchev–Trinajstić information content (AvgIpc) is 2.96. The minimum absolute atomic E-state index is 0.0204. The Morgan fingerprint density at radius 1 is 1.21 bits per heavy atom. The maximum Gasteiger partial charge on any atom is 0.160 e. The molecule has 2 bridgehead atoms. The number of epoxide rings is 1. The van der Waals surface area contributed by atoms with Gasteiger partial charge in [0.1, 0.15) is 0 Å². The Bertz CT molecular complexity index is 554. The summed E-state index contributed by atoms with van der Waals surface area (Å²) in [4.78, 5) is 12.4. The van der Waals surface area contributed by atoms with Crippen molar-refractivity contribution in [1.29, 1.82) is 0 Å². The zero-order valence-electron chi connectivity index (χ0n) is 15.7. The van der Waals surface area contributed by atoms with E-state index in [4.69, 9.17) is 9.47 Å². The van der Waals surface area contributed by atoms with Crippen molar-refractivity contribution >= 4 is 5.78 Å². The number of ether oxygens (including phenoxy) is 2. The van der Waals surface area contributed by atoms with Gasteiger partial charge in [0.2, 0.25) is 0 Å². The number of carbonyl (C=O) groups excluding carboxylic acids is 1. The molecule has 4 nitrogen and oxygen atoms in total. The van der Waals surface area contributed by atoms with Crippen molar-refractivity contribution in [3.63, 3.8) is 0 Å². The van der Waals surface area contributed by atoms with Crippen molar-refractivity contribution in [3.05, 3.63) is 11.6 Å². The molecule has 3 rings (SSSR count). The van der Waals surface area contributed by atoms with Gasteiger partial charge in [-0.1, -0.05) is 19.9 Å². The summed E-state index contributed by atoms with van der Waals surface area (Å²) in [5, 5.41) is 10.7. The van der Waals surface area contributed by atoms with Crippen molar-refractivity contribution in [2.45, 2.75) is 102 Å². The fraction of sp³-hybridized carbons (Fsp3) is 0.850. The Morgan fingerprint density at radius 2 is 1.92 bits per heavy atom. The van der Waals surface area contributed by atoms with Crippen LogP contribution in [0, 0.1) is 5.92 Å². The highest BCUT2D eigenvalue weighted by Crippen LogP contribution is 2.53. The Labute approximate surface area is 145 Å². The van der Waals surface area contributed by atoms with Gasteiger partial charge < -0.3 is 14.6 Å².